The first-order valence-electron chi connectivity index (χ1n) is 7.76. The van der Waals surface area contributed by atoms with Crippen molar-refractivity contribution in [3.63, 3.8) is 0 Å². The number of amides is 2. The average molecular weight is 338 g/mol. The van der Waals surface area contributed by atoms with E-state index in [1.54, 1.807) is 37.8 Å². The molecule has 0 aliphatic carbocycles. The lowest BCUT2D eigenvalue weighted by molar-refractivity contribution is -0.136. The van der Waals surface area contributed by atoms with Crippen LogP contribution in [0, 0.1) is 5.82 Å². The summed E-state index contributed by atoms with van der Waals surface area (Å²) < 4.78 is 13.4. The van der Waals surface area contributed by atoms with E-state index in [9.17, 15) is 14.0 Å². The van der Waals surface area contributed by atoms with Gasteiger partial charge in [0.15, 0.2) is 0 Å². The van der Waals surface area contributed by atoms with E-state index in [-0.39, 0.29) is 17.6 Å². The van der Waals surface area contributed by atoms with Gasteiger partial charge in [0.2, 0.25) is 11.8 Å². The maximum absolute atomic E-state index is 13.4. The molecule has 4 nitrogen and oxygen atoms in total. The largest absolute Gasteiger partial charge is 0.344 e. The molecule has 1 aliphatic rings. The summed E-state index contributed by atoms with van der Waals surface area (Å²) in [7, 11) is 0. The molecule has 0 unspecified atom stereocenters. The summed E-state index contributed by atoms with van der Waals surface area (Å²) in [5.41, 5.74) is -0.321. The van der Waals surface area contributed by atoms with Crippen molar-refractivity contribution in [3.8, 4) is 0 Å². The zero-order chi connectivity index (χ0) is 17.0. The topological polar surface area (TPSA) is 49.4 Å². The molecule has 0 saturated carbocycles. The molecule has 1 atom stereocenters. The fourth-order valence-corrected chi connectivity index (χ4v) is 3.41. The molecule has 1 aliphatic heterocycles. The van der Waals surface area contributed by atoms with Gasteiger partial charge in [-0.3, -0.25) is 9.59 Å². The zero-order valence-electron chi connectivity index (χ0n) is 13.8. The normalized spacial score (nSPS) is 16.8. The van der Waals surface area contributed by atoms with Gasteiger partial charge in [-0.25, -0.2) is 4.39 Å². The van der Waals surface area contributed by atoms with Crippen molar-refractivity contribution in [3.05, 3.63) is 35.6 Å². The number of rotatable bonds is 4. The number of thioether (sulfide) groups is 1. The number of nitrogens with one attached hydrogen (secondary N) is 1. The number of carbonyl (C=O) groups is 2. The van der Waals surface area contributed by atoms with Crippen LogP contribution in [0.1, 0.15) is 26.3 Å². The van der Waals surface area contributed by atoms with Gasteiger partial charge in [0.05, 0.1) is 5.41 Å². The van der Waals surface area contributed by atoms with Crippen LogP contribution in [0.15, 0.2) is 24.3 Å². The fraction of sp³-hybridized carbons (Fsp3) is 0.529. The smallest absolute Gasteiger partial charge is 0.244 e. The monoisotopic (exact) mass is 338 g/mol. The van der Waals surface area contributed by atoms with Crippen LogP contribution >= 0.6 is 11.8 Å². The summed E-state index contributed by atoms with van der Waals surface area (Å²) in [6.45, 7) is 6.59. The van der Waals surface area contributed by atoms with E-state index in [0.717, 1.165) is 24.6 Å². The molecule has 1 heterocycles. The first-order valence-corrected chi connectivity index (χ1v) is 8.91. The molecule has 6 heteroatoms. The maximum Gasteiger partial charge on any atom is 0.244 e. The Bertz CT molecular complexity index is 586. The first-order chi connectivity index (χ1) is 10.8. The van der Waals surface area contributed by atoms with Gasteiger partial charge in [-0.05, 0) is 38.5 Å². The summed E-state index contributed by atoms with van der Waals surface area (Å²) >= 11 is 1.83. The molecule has 1 aromatic rings. The molecule has 1 fully saturated rings. The third kappa shape index (κ3) is 4.25. The van der Waals surface area contributed by atoms with Crippen LogP contribution < -0.4 is 5.32 Å². The van der Waals surface area contributed by atoms with Gasteiger partial charge < -0.3 is 10.2 Å². The quantitative estimate of drug-likeness (QED) is 0.915. The van der Waals surface area contributed by atoms with E-state index < -0.39 is 11.5 Å². The van der Waals surface area contributed by atoms with Gasteiger partial charge in [0, 0.05) is 24.6 Å². The van der Waals surface area contributed by atoms with E-state index in [4.69, 9.17) is 0 Å². The van der Waals surface area contributed by atoms with Gasteiger partial charge in [0.1, 0.15) is 11.9 Å². The van der Waals surface area contributed by atoms with Crippen LogP contribution in [-0.2, 0) is 15.0 Å². The Morgan fingerprint density at radius 1 is 1.30 bits per heavy atom. The molecule has 2 rings (SSSR count). The van der Waals surface area contributed by atoms with Crippen LogP contribution in [0.25, 0.3) is 0 Å². The predicted octanol–water partition coefficient (Wildman–Crippen LogP) is 2.18. The van der Waals surface area contributed by atoms with Crippen molar-refractivity contribution in [2.75, 3.05) is 24.6 Å². The molecule has 0 radical (unpaired) electrons. The van der Waals surface area contributed by atoms with E-state index in [1.165, 1.54) is 12.1 Å². The lowest BCUT2D eigenvalue weighted by atomic mass is 9.83. The van der Waals surface area contributed by atoms with Gasteiger partial charge in [-0.15, -0.1) is 0 Å². The summed E-state index contributed by atoms with van der Waals surface area (Å²) in [4.78, 5) is 26.7. The van der Waals surface area contributed by atoms with Crippen LogP contribution in [0.4, 0.5) is 4.39 Å². The minimum atomic E-state index is -0.908. The average Bonchev–Trinajstić information content (AvgIpc) is 2.54. The summed E-state index contributed by atoms with van der Waals surface area (Å²) in [5.74, 6) is 1.14. The highest BCUT2D eigenvalue weighted by Crippen LogP contribution is 2.24. The Morgan fingerprint density at radius 2 is 1.96 bits per heavy atom. The molecular weight excluding hydrogens is 315 g/mol. The predicted molar refractivity (Wildman–Crippen MR) is 90.9 cm³/mol. The standard InChI is InChI=1S/C17H23FN2O2S/c1-12(15(21)20-7-9-23-10-8-20)19-16(22)17(2,3)13-5-4-6-14(18)11-13/h4-6,11-12H,7-10H2,1-3H3,(H,19,22)/t12-/m0/s1. The van der Waals surface area contributed by atoms with Crippen LogP contribution in [-0.4, -0.2) is 47.4 Å². The number of benzene rings is 1. The van der Waals surface area contributed by atoms with Gasteiger partial charge >= 0.3 is 0 Å². The van der Waals surface area contributed by atoms with Gasteiger partial charge in [-0.2, -0.15) is 11.8 Å². The third-order valence-electron chi connectivity index (χ3n) is 4.15. The molecule has 0 aromatic heterocycles. The number of carbonyl (C=O) groups excluding carboxylic acids is 2. The minimum absolute atomic E-state index is 0.0614. The highest BCUT2D eigenvalue weighted by molar-refractivity contribution is 7.99. The molecule has 2 amide bonds. The molecule has 0 spiro atoms. The number of hydrogen-bond donors (Lipinski definition) is 1. The van der Waals surface area contributed by atoms with E-state index >= 15 is 0 Å². The fourth-order valence-electron chi connectivity index (χ4n) is 2.50. The summed E-state index contributed by atoms with van der Waals surface area (Å²) in [6.07, 6.45) is 0. The lowest BCUT2D eigenvalue weighted by Gasteiger charge is -2.31. The van der Waals surface area contributed by atoms with Crippen LogP contribution in [0.3, 0.4) is 0 Å². The highest BCUT2D eigenvalue weighted by Gasteiger charge is 2.33. The lowest BCUT2D eigenvalue weighted by Crippen LogP contribution is -2.52. The number of nitrogens with zero attached hydrogens (tertiary/aromatic N) is 1. The molecule has 23 heavy (non-hydrogen) atoms. The second-order valence-electron chi connectivity index (χ2n) is 6.27. The van der Waals surface area contributed by atoms with Crippen LogP contribution in [0.2, 0.25) is 0 Å². The van der Waals surface area contributed by atoms with Crippen molar-refractivity contribution in [2.45, 2.75) is 32.2 Å². The van der Waals surface area contributed by atoms with Crippen molar-refractivity contribution in [2.24, 2.45) is 0 Å². The van der Waals surface area contributed by atoms with E-state index in [0.29, 0.717) is 5.56 Å². The second-order valence-corrected chi connectivity index (χ2v) is 7.49. The van der Waals surface area contributed by atoms with Gasteiger partial charge in [0.25, 0.3) is 0 Å². The number of halogens is 1. The Balaban J connectivity index is 2.03. The molecular formula is C17H23FN2O2S. The summed E-state index contributed by atoms with van der Waals surface area (Å²) in [5, 5.41) is 2.78. The highest BCUT2D eigenvalue weighted by atomic mass is 32.2. The summed E-state index contributed by atoms with van der Waals surface area (Å²) in [6, 6.07) is 5.42. The molecule has 1 N–H and O–H groups in total. The van der Waals surface area contributed by atoms with Crippen molar-refractivity contribution in [1.82, 2.24) is 10.2 Å². The molecule has 0 bridgehead atoms. The number of hydrogen-bond acceptors (Lipinski definition) is 3. The van der Waals surface area contributed by atoms with Crippen molar-refractivity contribution >= 4 is 23.6 Å². The second kappa shape index (κ2) is 7.34. The Labute approximate surface area is 140 Å². The molecule has 126 valence electrons. The molecule has 1 aromatic carbocycles. The van der Waals surface area contributed by atoms with E-state index in [2.05, 4.69) is 5.32 Å². The molecule has 1 saturated heterocycles. The Hall–Kier alpha value is -1.56. The van der Waals surface area contributed by atoms with Crippen molar-refractivity contribution < 1.29 is 14.0 Å². The third-order valence-corrected chi connectivity index (χ3v) is 5.10. The van der Waals surface area contributed by atoms with E-state index in [1.807, 2.05) is 11.8 Å². The first kappa shape index (κ1) is 17.8. The maximum atomic E-state index is 13.4. The SMILES string of the molecule is C[C@H](NC(=O)C(C)(C)c1cccc(F)c1)C(=O)N1CCSCC1. The van der Waals surface area contributed by atoms with Crippen LogP contribution in [0.5, 0.6) is 0 Å². The Morgan fingerprint density at radius 3 is 2.57 bits per heavy atom. The van der Waals surface area contributed by atoms with Gasteiger partial charge in [-0.1, -0.05) is 12.1 Å². The zero-order valence-corrected chi connectivity index (χ0v) is 14.6. The van der Waals surface area contributed by atoms with Crippen molar-refractivity contribution in [1.29, 1.82) is 0 Å². The minimum Gasteiger partial charge on any atom is -0.344 e. The Kier molecular flexibility index (Phi) is 5.68.